The number of anilines is 2. The maximum atomic E-state index is 12.5. The van der Waals surface area contributed by atoms with Crippen LogP contribution >= 0.6 is 0 Å². The highest BCUT2D eigenvalue weighted by Crippen LogP contribution is 2.27. The van der Waals surface area contributed by atoms with E-state index in [1.165, 1.54) is 0 Å². The number of piperidine rings is 1. The fourth-order valence-corrected chi connectivity index (χ4v) is 3.55. The minimum atomic E-state index is -0.0273. The van der Waals surface area contributed by atoms with Crippen molar-refractivity contribution in [3.8, 4) is 0 Å². The smallest absolute Gasteiger partial charge is 0.228 e. The van der Waals surface area contributed by atoms with E-state index in [1.54, 1.807) is 18.6 Å². The van der Waals surface area contributed by atoms with Gasteiger partial charge in [0, 0.05) is 37.9 Å². The zero-order valence-corrected chi connectivity index (χ0v) is 15.1. The first kappa shape index (κ1) is 17.2. The molecule has 0 radical (unpaired) electrons. The summed E-state index contributed by atoms with van der Waals surface area (Å²) in [6.45, 7) is 6.17. The molecule has 27 heavy (non-hydrogen) atoms. The van der Waals surface area contributed by atoms with Crippen molar-refractivity contribution in [2.24, 2.45) is 5.92 Å². The second-order valence-electron chi connectivity index (χ2n) is 6.64. The van der Waals surface area contributed by atoms with Gasteiger partial charge in [0.05, 0.1) is 17.2 Å². The van der Waals surface area contributed by atoms with Gasteiger partial charge < -0.3 is 14.8 Å². The zero-order chi connectivity index (χ0) is 18.6. The molecule has 0 spiro atoms. The number of carbonyl (C=O) groups is 1. The first-order chi connectivity index (χ1) is 13.3. The molecule has 0 aliphatic carbocycles. The lowest BCUT2D eigenvalue weighted by Crippen LogP contribution is -2.39. The summed E-state index contributed by atoms with van der Waals surface area (Å²) in [7, 11) is 0. The van der Waals surface area contributed by atoms with Crippen molar-refractivity contribution in [2.45, 2.75) is 19.4 Å². The first-order valence-corrected chi connectivity index (χ1v) is 9.14. The van der Waals surface area contributed by atoms with Crippen LogP contribution in [0.2, 0.25) is 0 Å². The molecule has 0 atom stereocenters. The summed E-state index contributed by atoms with van der Waals surface area (Å²) in [6.07, 6.45) is 8.17. The van der Waals surface area contributed by atoms with Crippen molar-refractivity contribution in [1.29, 1.82) is 0 Å². The molecule has 7 nitrogen and oxygen atoms in total. The van der Waals surface area contributed by atoms with E-state index in [4.69, 9.17) is 4.98 Å². The van der Waals surface area contributed by atoms with Crippen LogP contribution in [0.4, 0.5) is 11.8 Å². The van der Waals surface area contributed by atoms with Gasteiger partial charge in [0.2, 0.25) is 11.9 Å². The van der Waals surface area contributed by atoms with Gasteiger partial charge >= 0.3 is 0 Å². The van der Waals surface area contributed by atoms with E-state index in [-0.39, 0.29) is 11.8 Å². The number of nitrogens with zero attached hydrogens (tertiary/aromatic N) is 5. The molecule has 0 bridgehead atoms. The number of carbonyl (C=O) groups excluding carboxylic acids is 1. The Balaban J connectivity index is 1.46. The van der Waals surface area contributed by atoms with Gasteiger partial charge in [-0.2, -0.15) is 0 Å². The largest absolute Gasteiger partial charge is 0.342 e. The SMILES string of the molecule is C=CCn1c(N2CCC(C(=O)Nc3cnccn3)CC2)nc2ccccc21. The van der Waals surface area contributed by atoms with Crippen LogP contribution in [-0.4, -0.2) is 38.5 Å². The third kappa shape index (κ3) is 3.53. The van der Waals surface area contributed by atoms with E-state index in [0.717, 1.165) is 42.9 Å². The molecule has 1 saturated heterocycles. The van der Waals surface area contributed by atoms with Gasteiger partial charge in [-0.25, -0.2) is 9.97 Å². The number of hydrogen-bond donors (Lipinski definition) is 1. The van der Waals surface area contributed by atoms with Crippen LogP contribution in [0.25, 0.3) is 11.0 Å². The summed E-state index contributed by atoms with van der Waals surface area (Å²) in [6, 6.07) is 8.13. The summed E-state index contributed by atoms with van der Waals surface area (Å²) in [5.41, 5.74) is 2.09. The van der Waals surface area contributed by atoms with E-state index in [1.807, 2.05) is 24.3 Å². The Morgan fingerprint density at radius 1 is 1.26 bits per heavy atom. The molecule has 2 aromatic heterocycles. The third-order valence-electron chi connectivity index (χ3n) is 4.91. The van der Waals surface area contributed by atoms with E-state index < -0.39 is 0 Å². The van der Waals surface area contributed by atoms with Gasteiger partial charge in [0.1, 0.15) is 0 Å². The van der Waals surface area contributed by atoms with E-state index in [9.17, 15) is 4.79 Å². The number of allylic oxidation sites excluding steroid dienone is 1. The van der Waals surface area contributed by atoms with Crippen molar-refractivity contribution in [1.82, 2.24) is 19.5 Å². The van der Waals surface area contributed by atoms with Gasteiger partial charge in [-0.05, 0) is 25.0 Å². The number of imidazole rings is 1. The third-order valence-corrected chi connectivity index (χ3v) is 4.91. The highest BCUT2D eigenvalue weighted by Gasteiger charge is 2.27. The highest BCUT2D eigenvalue weighted by molar-refractivity contribution is 5.91. The minimum absolute atomic E-state index is 0.00902. The second kappa shape index (κ2) is 7.57. The Morgan fingerprint density at radius 2 is 2.07 bits per heavy atom. The van der Waals surface area contributed by atoms with Crippen molar-refractivity contribution in [2.75, 3.05) is 23.3 Å². The summed E-state index contributed by atoms with van der Waals surface area (Å²) in [4.78, 5) is 27.6. The molecule has 1 N–H and O–H groups in total. The number of nitrogens with one attached hydrogen (secondary N) is 1. The van der Waals surface area contributed by atoms with Crippen LogP contribution < -0.4 is 10.2 Å². The Hall–Kier alpha value is -3.22. The fourth-order valence-electron chi connectivity index (χ4n) is 3.55. The van der Waals surface area contributed by atoms with Crippen LogP contribution in [0.15, 0.2) is 55.5 Å². The molecule has 1 amide bonds. The molecule has 1 aliphatic rings. The topological polar surface area (TPSA) is 75.9 Å². The van der Waals surface area contributed by atoms with E-state index >= 15 is 0 Å². The lowest BCUT2D eigenvalue weighted by atomic mass is 9.96. The first-order valence-electron chi connectivity index (χ1n) is 9.14. The molecule has 3 heterocycles. The van der Waals surface area contributed by atoms with Gasteiger partial charge in [0.25, 0.3) is 0 Å². The van der Waals surface area contributed by atoms with E-state index in [0.29, 0.717) is 12.4 Å². The van der Waals surface area contributed by atoms with Crippen molar-refractivity contribution < 1.29 is 4.79 Å². The Bertz CT molecular complexity index is 944. The van der Waals surface area contributed by atoms with Crippen molar-refractivity contribution in [3.05, 3.63) is 55.5 Å². The van der Waals surface area contributed by atoms with Crippen LogP contribution in [-0.2, 0) is 11.3 Å². The summed E-state index contributed by atoms with van der Waals surface area (Å²) in [5.74, 6) is 1.43. The van der Waals surface area contributed by atoms with E-state index in [2.05, 4.69) is 37.4 Å². The Kier molecular flexibility index (Phi) is 4.82. The van der Waals surface area contributed by atoms with Crippen LogP contribution in [0.5, 0.6) is 0 Å². The molecule has 1 fully saturated rings. The molecule has 0 unspecified atom stereocenters. The predicted octanol–water partition coefficient (Wildman–Crippen LogP) is 2.87. The Morgan fingerprint density at radius 3 is 2.81 bits per heavy atom. The van der Waals surface area contributed by atoms with Gasteiger partial charge in [0.15, 0.2) is 5.82 Å². The molecule has 7 heteroatoms. The molecule has 3 aromatic rings. The molecule has 1 aliphatic heterocycles. The van der Waals surface area contributed by atoms with Gasteiger partial charge in [-0.3, -0.25) is 9.78 Å². The van der Waals surface area contributed by atoms with Crippen LogP contribution in [0.3, 0.4) is 0 Å². The number of aromatic nitrogens is 4. The lowest BCUT2D eigenvalue weighted by Gasteiger charge is -2.32. The number of amides is 1. The molecule has 1 aromatic carbocycles. The number of fused-ring (bicyclic) bond motifs is 1. The average molecular weight is 362 g/mol. The summed E-state index contributed by atoms with van der Waals surface area (Å²) < 4.78 is 2.18. The monoisotopic (exact) mass is 362 g/mol. The fraction of sp³-hybridized carbons (Fsp3) is 0.300. The second-order valence-corrected chi connectivity index (χ2v) is 6.64. The van der Waals surface area contributed by atoms with Gasteiger partial charge in [-0.1, -0.05) is 18.2 Å². The molecular formula is C20H22N6O. The summed E-state index contributed by atoms with van der Waals surface area (Å²) >= 11 is 0. The maximum absolute atomic E-state index is 12.5. The van der Waals surface area contributed by atoms with Crippen molar-refractivity contribution >= 4 is 28.7 Å². The number of rotatable bonds is 5. The molecule has 138 valence electrons. The Labute approximate surface area is 157 Å². The summed E-state index contributed by atoms with van der Waals surface area (Å²) in [5, 5.41) is 2.85. The molecule has 4 rings (SSSR count). The number of benzene rings is 1. The molecular weight excluding hydrogens is 340 g/mol. The minimum Gasteiger partial charge on any atom is -0.342 e. The highest BCUT2D eigenvalue weighted by atomic mass is 16.1. The normalized spacial score (nSPS) is 15.0. The average Bonchev–Trinajstić information content (AvgIpc) is 3.08. The maximum Gasteiger partial charge on any atom is 0.228 e. The molecule has 0 saturated carbocycles. The van der Waals surface area contributed by atoms with Crippen LogP contribution in [0, 0.1) is 5.92 Å². The van der Waals surface area contributed by atoms with Crippen molar-refractivity contribution in [3.63, 3.8) is 0 Å². The quantitative estimate of drug-likeness (QED) is 0.706. The predicted molar refractivity (Wildman–Crippen MR) is 106 cm³/mol. The zero-order valence-electron chi connectivity index (χ0n) is 15.1. The number of para-hydroxylation sites is 2. The standard InChI is InChI=1S/C20H22N6O/c1-2-11-26-17-6-4-3-5-16(17)23-20(26)25-12-7-15(8-13-25)19(27)24-18-14-21-9-10-22-18/h2-6,9-10,14-15H,1,7-8,11-13H2,(H,22,24,27). The van der Waals surface area contributed by atoms with Gasteiger partial charge in [-0.15, -0.1) is 6.58 Å². The van der Waals surface area contributed by atoms with Crippen LogP contribution in [0.1, 0.15) is 12.8 Å². The lowest BCUT2D eigenvalue weighted by molar-refractivity contribution is -0.120. The number of hydrogen-bond acceptors (Lipinski definition) is 5.